The second-order valence-electron chi connectivity index (χ2n) is 9.28. The minimum Gasteiger partial charge on any atom is -0.362 e. The average molecular weight is 379 g/mol. The molecule has 0 N–H and O–H groups in total. The molecule has 3 aliphatic carbocycles. The van der Waals surface area contributed by atoms with Crippen LogP contribution in [0.2, 0.25) is 0 Å². The molecule has 0 spiro atoms. The van der Waals surface area contributed by atoms with Crippen molar-refractivity contribution in [1.29, 1.82) is 0 Å². The fourth-order valence-electron chi connectivity index (χ4n) is 6.06. The van der Waals surface area contributed by atoms with Crippen LogP contribution in [0.25, 0.3) is 0 Å². The maximum Gasteiger partial charge on any atom is 0.147 e. The molecule has 0 aliphatic heterocycles. The molecule has 1 heterocycles. The summed E-state index contributed by atoms with van der Waals surface area (Å²) in [6.07, 6.45) is 19.2. The number of anilines is 1. The Hall–Kier alpha value is -1.77. The average Bonchev–Trinajstić information content (AvgIpc) is 3.24. The Morgan fingerprint density at radius 2 is 1.43 bits per heavy atom. The van der Waals surface area contributed by atoms with E-state index in [1.165, 1.54) is 99.6 Å². The summed E-state index contributed by atoms with van der Waals surface area (Å²) in [5, 5.41) is 4.61. The van der Waals surface area contributed by atoms with E-state index < -0.39 is 0 Å². The first kappa shape index (κ1) is 18.3. The van der Waals surface area contributed by atoms with Gasteiger partial charge >= 0.3 is 0 Å². The van der Waals surface area contributed by atoms with Crippen molar-refractivity contribution in [2.24, 2.45) is 0 Å². The van der Waals surface area contributed by atoms with Gasteiger partial charge in [-0.25, -0.2) is 0 Å². The van der Waals surface area contributed by atoms with Crippen molar-refractivity contribution in [3.05, 3.63) is 47.3 Å². The standard InChI is InChI=1S/C25H34N2O/c1-3-11-22(12-4-1)27(23-13-5-2-6-14-23)24-18-28-26-25(24)21-16-15-19-9-7-8-10-20(19)17-21/h7-10,18,21-23H,1-6,11-17H2. The number of rotatable bonds is 4. The van der Waals surface area contributed by atoms with Gasteiger partial charge in [-0.15, -0.1) is 0 Å². The molecular weight excluding hydrogens is 344 g/mol. The Bertz CT molecular complexity index is 752. The molecule has 2 saturated carbocycles. The van der Waals surface area contributed by atoms with Crippen LogP contribution in [0.15, 0.2) is 35.1 Å². The maximum atomic E-state index is 5.66. The Morgan fingerprint density at radius 1 is 0.786 bits per heavy atom. The van der Waals surface area contributed by atoms with Crippen LogP contribution in [0, 0.1) is 0 Å². The quantitative estimate of drug-likeness (QED) is 0.615. The molecule has 0 amide bonds. The van der Waals surface area contributed by atoms with Gasteiger partial charge in [0, 0.05) is 18.0 Å². The van der Waals surface area contributed by atoms with E-state index in [0.29, 0.717) is 18.0 Å². The third-order valence-corrected chi connectivity index (χ3v) is 7.53. The van der Waals surface area contributed by atoms with Crippen LogP contribution in [0.4, 0.5) is 5.69 Å². The molecule has 28 heavy (non-hydrogen) atoms. The summed E-state index contributed by atoms with van der Waals surface area (Å²) in [6.45, 7) is 0. The lowest BCUT2D eigenvalue weighted by molar-refractivity contribution is 0.338. The molecule has 5 rings (SSSR count). The molecule has 3 heteroatoms. The fourth-order valence-corrected chi connectivity index (χ4v) is 6.06. The van der Waals surface area contributed by atoms with Crippen molar-refractivity contribution in [3.63, 3.8) is 0 Å². The zero-order valence-corrected chi connectivity index (χ0v) is 17.1. The van der Waals surface area contributed by atoms with Crippen molar-refractivity contribution < 1.29 is 4.52 Å². The minimum atomic E-state index is 0.498. The molecule has 2 aromatic rings. The topological polar surface area (TPSA) is 29.3 Å². The van der Waals surface area contributed by atoms with Crippen molar-refractivity contribution in [2.45, 2.75) is 101 Å². The zero-order valence-electron chi connectivity index (χ0n) is 17.1. The van der Waals surface area contributed by atoms with Gasteiger partial charge in [-0.2, -0.15) is 0 Å². The Kier molecular flexibility index (Phi) is 5.42. The van der Waals surface area contributed by atoms with E-state index in [2.05, 4.69) is 34.3 Å². The van der Waals surface area contributed by atoms with Crippen molar-refractivity contribution in [2.75, 3.05) is 4.90 Å². The van der Waals surface area contributed by atoms with Crippen molar-refractivity contribution in [3.8, 4) is 0 Å². The lowest BCUT2D eigenvalue weighted by Gasteiger charge is -2.43. The fraction of sp³-hybridized carbons (Fsp3) is 0.640. The first-order chi connectivity index (χ1) is 13.9. The van der Waals surface area contributed by atoms with Crippen LogP contribution in [0.5, 0.6) is 0 Å². The Morgan fingerprint density at radius 3 is 2.11 bits per heavy atom. The highest BCUT2D eigenvalue weighted by molar-refractivity contribution is 5.53. The third-order valence-electron chi connectivity index (χ3n) is 7.53. The van der Waals surface area contributed by atoms with E-state index in [4.69, 9.17) is 4.52 Å². The molecule has 150 valence electrons. The van der Waals surface area contributed by atoms with Gasteiger partial charge < -0.3 is 9.42 Å². The van der Waals surface area contributed by atoms with Crippen LogP contribution < -0.4 is 4.90 Å². The summed E-state index contributed by atoms with van der Waals surface area (Å²) in [6, 6.07) is 10.3. The van der Waals surface area contributed by atoms with Gasteiger partial charge in [0.1, 0.15) is 17.6 Å². The lowest BCUT2D eigenvalue weighted by Crippen LogP contribution is -2.45. The van der Waals surface area contributed by atoms with E-state index in [1.807, 2.05) is 6.26 Å². The van der Waals surface area contributed by atoms with Gasteiger partial charge in [0.25, 0.3) is 0 Å². The summed E-state index contributed by atoms with van der Waals surface area (Å²) in [4.78, 5) is 2.80. The summed E-state index contributed by atoms with van der Waals surface area (Å²) in [7, 11) is 0. The molecular formula is C25H34N2O. The van der Waals surface area contributed by atoms with Crippen molar-refractivity contribution in [1.82, 2.24) is 5.16 Å². The summed E-state index contributed by atoms with van der Waals surface area (Å²) in [5.74, 6) is 0.498. The molecule has 3 nitrogen and oxygen atoms in total. The number of fused-ring (bicyclic) bond motifs is 1. The second kappa shape index (κ2) is 8.31. The third kappa shape index (κ3) is 3.60. The second-order valence-corrected chi connectivity index (χ2v) is 9.28. The van der Waals surface area contributed by atoms with Gasteiger partial charge in [-0.1, -0.05) is 67.9 Å². The largest absolute Gasteiger partial charge is 0.362 e. The monoisotopic (exact) mass is 378 g/mol. The predicted octanol–water partition coefficient (Wildman–Crippen LogP) is 6.42. The lowest BCUT2D eigenvalue weighted by atomic mass is 9.81. The maximum absolute atomic E-state index is 5.66. The first-order valence-electron chi connectivity index (χ1n) is 11.7. The number of aryl methyl sites for hydroxylation is 1. The van der Waals surface area contributed by atoms with Crippen LogP contribution >= 0.6 is 0 Å². The normalized spacial score (nSPS) is 24.1. The number of hydrogen-bond donors (Lipinski definition) is 0. The van der Waals surface area contributed by atoms with E-state index in [-0.39, 0.29) is 0 Å². The van der Waals surface area contributed by atoms with E-state index in [0.717, 1.165) is 6.42 Å². The summed E-state index contributed by atoms with van der Waals surface area (Å²) < 4.78 is 5.66. The molecule has 0 saturated heterocycles. The molecule has 0 radical (unpaired) electrons. The number of benzene rings is 1. The van der Waals surface area contributed by atoms with Crippen LogP contribution in [0.3, 0.4) is 0 Å². The van der Waals surface area contributed by atoms with Gasteiger partial charge in [0.15, 0.2) is 0 Å². The highest BCUT2D eigenvalue weighted by atomic mass is 16.5. The minimum absolute atomic E-state index is 0.498. The molecule has 2 fully saturated rings. The molecule has 1 unspecified atom stereocenters. The smallest absolute Gasteiger partial charge is 0.147 e. The van der Waals surface area contributed by atoms with E-state index >= 15 is 0 Å². The molecule has 1 aromatic carbocycles. The molecule has 1 atom stereocenters. The molecule has 3 aliphatic rings. The van der Waals surface area contributed by atoms with Gasteiger partial charge in [0.05, 0.1) is 0 Å². The molecule has 1 aromatic heterocycles. The predicted molar refractivity (Wildman–Crippen MR) is 114 cm³/mol. The number of hydrogen-bond acceptors (Lipinski definition) is 3. The van der Waals surface area contributed by atoms with Crippen LogP contribution in [-0.4, -0.2) is 17.2 Å². The first-order valence-corrected chi connectivity index (χ1v) is 11.7. The van der Waals surface area contributed by atoms with Gasteiger partial charge in [0.2, 0.25) is 0 Å². The Labute approximate surface area is 169 Å². The highest BCUT2D eigenvalue weighted by Crippen LogP contribution is 2.41. The highest BCUT2D eigenvalue weighted by Gasteiger charge is 2.34. The summed E-state index contributed by atoms with van der Waals surface area (Å²) >= 11 is 0. The zero-order chi connectivity index (χ0) is 18.8. The SMILES string of the molecule is c1ccc2c(c1)CCC(c1nocc1N(C1CCCCC1)C1CCCCC1)C2. The van der Waals surface area contributed by atoms with E-state index in [1.54, 1.807) is 0 Å². The van der Waals surface area contributed by atoms with Crippen LogP contribution in [-0.2, 0) is 12.8 Å². The van der Waals surface area contributed by atoms with Crippen LogP contribution in [0.1, 0.15) is 93.4 Å². The number of aromatic nitrogens is 1. The van der Waals surface area contributed by atoms with Crippen molar-refractivity contribution >= 4 is 5.69 Å². The number of nitrogens with zero attached hydrogens (tertiary/aromatic N) is 2. The summed E-state index contributed by atoms with van der Waals surface area (Å²) in [5.41, 5.74) is 5.61. The van der Waals surface area contributed by atoms with Gasteiger partial charge in [-0.3, -0.25) is 0 Å². The Balaban J connectivity index is 1.44. The van der Waals surface area contributed by atoms with E-state index in [9.17, 15) is 0 Å². The van der Waals surface area contributed by atoms with Gasteiger partial charge in [-0.05, 0) is 56.1 Å². The molecule has 0 bridgehead atoms.